The van der Waals surface area contributed by atoms with E-state index in [1.54, 1.807) is 27.7 Å². The van der Waals surface area contributed by atoms with Crippen molar-refractivity contribution in [2.45, 2.75) is 46.3 Å². The van der Waals surface area contributed by atoms with Gasteiger partial charge in [0.05, 0.1) is 12.2 Å². The Hall–Kier alpha value is -0.960. The summed E-state index contributed by atoms with van der Waals surface area (Å²) in [5, 5.41) is 0. The van der Waals surface area contributed by atoms with Crippen LogP contribution >= 0.6 is 7.60 Å². The van der Waals surface area contributed by atoms with Crippen LogP contribution in [0.25, 0.3) is 0 Å². The van der Waals surface area contributed by atoms with E-state index in [0.29, 0.717) is 0 Å². The topological polar surface area (TPSA) is 52.6 Å². The molecule has 0 heterocycles. The molecule has 1 aromatic carbocycles. The molecule has 1 aromatic rings. The zero-order chi connectivity index (χ0) is 14.5. The fourth-order valence-electron chi connectivity index (χ4n) is 1.56. The Kier molecular flexibility index (Phi) is 5.92. The lowest BCUT2D eigenvalue weighted by molar-refractivity contribution is -0.113. The number of carbonyl (C=O) groups is 1. The van der Waals surface area contributed by atoms with Crippen molar-refractivity contribution in [2.75, 3.05) is 0 Å². The molecule has 0 aliphatic carbocycles. The largest absolute Gasteiger partial charge is 0.397 e. The molecule has 0 radical (unpaired) electrons. The van der Waals surface area contributed by atoms with E-state index in [-0.39, 0.29) is 18.6 Å². The first-order chi connectivity index (χ1) is 8.83. The molecule has 19 heavy (non-hydrogen) atoms. The molecule has 1 rings (SSSR count). The Bertz CT molecular complexity index is 440. The van der Waals surface area contributed by atoms with E-state index < -0.39 is 13.1 Å². The summed E-state index contributed by atoms with van der Waals surface area (Å²) in [5.41, 5.74) is 0.300. The molecule has 5 heteroatoms. The third kappa shape index (κ3) is 5.27. The predicted molar refractivity (Wildman–Crippen MR) is 75.2 cm³/mol. The van der Waals surface area contributed by atoms with Gasteiger partial charge in [0.1, 0.15) is 0 Å². The van der Waals surface area contributed by atoms with Crippen LogP contribution < -0.4 is 0 Å². The maximum atomic E-state index is 12.5. The second kappa shape index (κ2) is 6.99. The van der Waals surface area contributed by atoms with Crippen molar-refractivity contribution in [3.05, 3.63) is 35.9 Å². The summed E-state index contributed by atoms with van der Waals surface area (Å²) in [6.07, 6.45) is -0.606. The molecule has 0 aliphatic heterocycles. The van der Waals surface area contributed by atoms with Crippen molar-refractivity contribution in [3.8, 4) is 0 Å². The first kappa shape index (κ1) is 16.1. The normalized spacial score (nSPS) is 12.1. The fraction of sp³-hybridized carbons (Fsp3) is 0.500. The Balaban J connectivity index is 2.86. The molecule has 0 saturated carbocycles. The highest BCUT2D eigenvalue weighted by Gasteiger charge is 2.36. The minimum Gasteiger partial charge on any atom is -0.300 e. The van der Waals surface area contributed by atoms with Gasteiger partial charge in [-0.15, -0.1) is 0 Å². The Morgan fingerprint density at radius 2 is 1.53 bits per heavy atom. The third-order valence-corrected chi connectivity index (χ3v) is 4.37. The first-order valence-corrected chi connectivity index (χ1v) is 7.92. The summed E-state index contributed by atoms with van der Waals surface area (Å²) in [6.45, 7) is 6.91. The maximum Gasteiger partial charge on any atom is 0.397 e. The minimum absolute atomic E-state index is 0.0531. The molecule has 0 saturated heterocycles. The van der Waals surface area contributed by atoms with Crippen molar-refractivity contribution in [1.82, 2.24) is 0 Å². The Morgan fingerprint density at radius 3 is 1.95 bits per heavy atom. The summed E-state index contributed by atoms with van der Waals surface area (Å²) in [5.74, 6) is 0. The van der Waals surface area contributed by atoms with Crippen LogP contribution in [0.4, 0.5) is 0 Å². The summed E-state index contributed by atoms with van der Waals surface area (Å²) in [6, 6.07) is 9.16. The molecule has 106 valence electrons. The molecule has 0 N–H and O–H groups in total. The number of hydrogen-bond donors (Lipinski definition) is 0. The van der Waals surface area contributed by atoms with Crippen molar-refractivity contribution < 1.29 is 18.4 Å². The van der Waals surface area contributed by atoms with Gasteiger partial charge >= 0.3 is 7.60 Å². The lowest BCUT2D eigenvalue weighted by Crippen LogP contribution is -2.15. The van der Waals surface area contributed by atoms with Gasteiger partial charge in [0.25, 0.3) is 0 Å². The molecular formula is C14H21O4P. The quantitative estimate of drug-likeness (QED) is 0.715. The molecular weight excluding hydrogens is 263 g/mol. The van der Waals surface area contributed by atoms with Crippen LogP contribution in [0.5, 0.6) is 0 Å². The van der Waals surface area contributed by atoms with Crippen molar-refractivity contribution in [1.29, 1.82) is 0 Å². The van der Waals surface area contributed by atoms with E-state index in [9.17, 15) is 9.36 Å². The zero-order valence-electron chi connectivity index (χ0n) is 11.8. The van der Waals surface area contributed by atoms with Gasteiger partial charge < -0.3 is 9.05 Å². The van der Waals surface area contributed by atoms with E-state index in [1.165, 1.54) is 0 Å². The SMILES string of the molecule is CC(C)OP(=O)(OC(C)C)C(=O)Cc1ccccc1. The monoisotopic (exact) mass is 284 g/mol. The van der Waals surface area contributed by atoms with Gasteiger partial charge in [-0.1, -0.05) is 30.3 Å². The van der Waals surface area contributed by atoms with Gasteiger partial charge in [0.2, 0.25) is 5.52 Å². The highest BCUT2D eigenvalue weighted by Crippen LogP contribution is 2.52. The Morgan fingerprint density at radius 1 is 1.05 bits per heavy atom. The van der Waals surface area contributed by atoms with Crippen LogP contribution in [0.3, 0.4) is 0 Å². The van der Waals surface area contributed by atoms with Crippen LogP contribution in [0, 0.1) is 0 Å². The van der Waals surface area contributed by atoms with E-state index >= 15 is 0 Å². The van der Waals surface area contributed by atoms with E-state index in [1.807, 2.05) is 30.3 Å². The average Bonchev–Trinajstić information content (AvgIpc) is 2.27. The van der Waals surface area contributed by atoms with Crippen LogP contribution in [0.15, 0.2) is 30.3 Å². The van der Waals surface area contributed by atoms with Gasteiger partial charge in [0, 0.05) is 6.42 Å². The zero-order valence-corrected chi connectivity index (χ0v) is 12.7. The van der Waals surface area contributed by atoms with E-state index in [4.69, 9.17) is 9.05 Å². The van der Waals surface area contributed by atoms with Crippen LogP contribution in [-0.2, 0) is 24.8 Å². The van der Waals surface area contributed by atoms with Gasteiger partial charge in [-0.3, -0.25) is 9.36 Å². The van der Waals surface area contributed by atoms with Crippen LogP contribution in [0.2, 0.25) is 0 Å². The third-order valence-electron chi connectivity index (χ3n) is 2.20. The molecule has 0 aliphatic rings. The van der Waals surface area contributed by atoms with Crippen LogP contribution in [0.1, 0.15) is 33.3 Å². The van der Waals surface area contributed by atoms with Gasteiger partial charge in [-0.25, -0.2) is 0 Å². The molecule has 0 atom stereocenters. The standard InChI is InChI=1S/C14H21O4P/c1-11(2)17-19(16,18-12(3)4)14(15)10-13-8-6-5-7-9-13/h5-9,11-12H,10H2,1-4H3. The van der Waals surface area contributed by atoms with Crippen molar-refractivity contribution >= 4 is 13.1 Å². The number of carbonyl (C=O) groups excluding carboxylic acids is 1. The fourth-order valence-corrected chi connectivity index (χ4v) is 3.34. The highest BCUT2D eigenvalue weighted by atomic mass is 31.2. The van der Waals surface area contributed by atoms with Gasteiger partial charge in [-0.05, 0) is 33.3 Å². The lowest BCUT2D eigenvalue weighted by atomic mass is 10.2. The second-order valence-corrected chi connectivity index (χ2v) is 6.78. The summed E-state index contributed by atoms with van der Waals surface area (Å²) in [4.78, 5) is 12.2. The Labute approximate surface area is 114 Å². The number of rotatable bonds is 7. The summed E-state index contributed by atoms with van der Waals surface area (Å²) in [7, 11) is -3.73. The van der Waals surface area contributed by atoms with Crippen molar-refractivity contribution in [2.24, 2.45) is 0 Å². The minimum atomic E-state index is -3.73. The number of hydrogen-bond acceptors (Lipinski definition) is 4. The summed E-state index contributed by atoms with van der Waals surface area (Å²) < 4.78 is 23.1. The predicted octanol–water partition coefficient (Wildman–Crippen LogP) is 3.80. The molecule has 0 bridgehead atoms. The van der Waals surface area contributed by atoms with E-state index in [2.05, 4.69) is 0 Å². The van der Waals surface area contributed by atoms with Gasteiger partial charge in [-0.2, -0.15) is 0 Å². The molecule has 0 aromatic heterocycles. The first-order valence-electron chi connectivity index (χ1n) is 6.37. The van der Waals surface area contributed by atoms with Gasteiger partial charge in [0.15, 0.2) is 0 Å². The molecule has 0 unspecified atom stereocenters. The molecule has 4 nitrogen and oxygen atoms in total. The summed E-state index contributed by atoms with van der Waals surface area (Å²) >= 11 is 0. The van der Waals surface area contributed by atoms with Crippen LogP contribution in [-0.4, -0.2) is 17.7 Å². The van der Waals surface area contributed by atoms with Crippen molar-refractivity contribution in [3.63, 3.8) is 0 Å². The second-order valence-electron chi connectivity index (χ2n) is 4.86. The molecule has 0 fully saturated rings. The lowest BCUT2D eigenvalue weighted by Gasteiger charge is -2.21. The average molecular weight is 284 g/mol. The highest BCUT2D eigenvalue weighted by molar-refractivity contribution is 7.71. The number of benzene rings is 1. The molecule has 0 spiro atoms. The van der Waals surface area contributed by atoms with E-state index in [0.717, 1.165) is 5.56 Å². The smallest absolute Gasteiger partial charge is 0.300 e. The molecule has 0 amide bonds. The maximum absolute atomic E-state index is 12.5.